The Hall–Kier alpha value is -1.06. The van der Waals surface area contributed by atoms with Crippen LogP contribution in [-0.2, 0) is 9.59 Å². The van der Waals surface area contributed by atoms with Gasteiger partial charge in [-0.25, -0.2) is 0 Å². The summed E-state index contributed by atoms with van der Waals surface area (Å²) in [5.74, 6) is 0.609. The van der Waals surface area contributed by atoms with Gasteiger partial charge in [0.15, 0.2) is 0 Å². The van der Waals surface area contributed by atoms with E-state index in [2.05, 4.69) is 19.2 Å². The fourth-order valence-corrected chi connectivity index (χ4v) is 2.72. The monoisotopic (exact) mass is 255 g/mol. The number of hydrogen-bond donors (Lipinski definition) is 2. The molecule has 0 aliphatic heterocycles. The Kier molecular flexibility index (Phi) is 6.16. The topological polar surface area (TPSA) is 66.4 Å². The van der Waals surface area contributed by atoms with Crippen LogP contribution in [0.25, 0.3) is 0 Å². The summed E-state index contributed by atoms with van der Waals surface area (Å²) >= 11 is 0. The molecule has 0 saturated heterocycles. The number of aliphatic carboxylic acids is 1. The first-order valence-electron chi connectivity index (χ1n) is 7.00. The standard InChI is InChI=1S/C14H25NO3/c1-10-7-8-12(11(2)9-10)15-13(16)5-3-4-6-14(17)18/h10-12H,3-9H2,1-2H3,(H,15,16)(H,17,18). The average Bonchev–Trinajstić information content (AvgIpc) is 2.28. The van der Waals surface area contributed by atoms with Crippen LogP contribution in [0.4, 0.5) is 0 Å². The molecule has 0 radical (unpaired) electrons. The highest BCUT2D eigenvalue weighted by Crippen LogP contribution is 2.28. The normalized spacial score (nSPS) is 27.8. The molecule has 3 unspecified atom stereocenters. The maximum Gasteiger partial charge on any atom is 0.303 e. The molecule has 1 saturated carbocycles. The zero-order valence-electron chi connectivity index (χ0n) is 11.4. The number of carbonyl (C=O) groups excluding carboxylic acids is 1. The van der Waals surface area contributed by atoms with Gasteiger partial charge < -0.3 is 10.4 Å². The molecule has 104 valence electrons. The molecule has 1 rings (SSSR count). The SMILES string of the molecule is CC1CCC(NC(=O)CCCCC(=O)O)C(C)C1. The Morgan fingerprint density at radius 1 is 1.17 bits per heavy atom. The summed E-state index contributed by atoms with van der Waals surface area (Å²) in [6, 6.07) is 0.313. The number of rotatable bonds is 6. The second-order valence-corrected chi connectivity index (χ2v) is 5.67. The van der Waals surface area contributed by atoms with E-state index >= 15 is 0 Å². The molecular weight excluding hydrogens is 230 g/mol. The van der Waals surface area contributed by atoms with Gasteiger partial charge in [0.1, 0.15) is 0 Å². The molecule has 3 atom stereocenters. The summed E-state index contributed by atoms with van der Waals surface area (Å²) in [5, 5.41) is 11.6. The second kappa shape index (κ2) is 7.39. The highest BCUT2D eigenvalue weighted by Gasteiger charge is 2.26. The first-order chi connectivity index (χ1) is 8.49. The van der Waals surface area contributed by atoms with Gasteiger partial charge in [-0.1, -0.05) is 13.8 Å². The van der Waals surface area contributed by atoms with Crippen LogP contribution in [0.2, 0.25) is 0 Å². The maximum atomic E-state index is 11.7. The van der Waals surface area contributed by atoms with E-state index in [1.807, 2.05) is 0 Å². The van der Waals surface area contributed by atoms with E-state index in [4.69, 9.17) is 5.11 Å². The minimum Gasteiger partial charge on any atom is -0.481 e. The lowest BCUT2D eigenvalue weighted by atomic mass is 9.80. The van der Waals surface area contributed by atoms with E-state index in [9.17, 15) is 9.59 Å². The first-order valence-corrected chi connectivity index (χ1v) is 7.00. The van der Waals surface area contributed by atoms with Crippen molar-refractivity contribution in [1.82, 2.24) is 5.32 Å². The van der Waals surface area contributed by atoms with E-state index < -0.39 is 5.97 Å². The van der Waals surface area contributed by atoms with Crippen LogP contribution in [0.5, 0.6) is 0 Å². The summed E-state index contributed by atoms with van der Waals surface area (Å²) in [4.78, 5) is 22.1. The Morgan fingerprint density at radius 3 is 2.44 bits per heavy atom. The average molecular weight is 255 g/mol. The fraction of sp³-hybridized carbons (Fsp3) is 0.857. The first kappa shape index (κ1) is 15.0. The van der Waals surface area contributed by atoms with Gasteiger partial charge in [-0.05, 0) is 43.9 Å². The van der Waals surface area contributed by atoms with Crippen LogP contribution < -0.4 is 5.32 Å². The molecule has 0 aromatic rings. The molecule has 4 nitrogen and oxygen atoms in total. The number of amides is 1. The van der Waals surface area contributed by atoms with Crippen LogP contribution in [-0.4, -0.2) is 23.0 Å². The lowest BCUT2D eigenvalue weighted by Gasteiger charge is -2.33. The quantitative estimate of drug-likeness (QED) is 0.717. The molecule has 0 heterocycles. The zero-order chi connectivity index (χ0) is 13.5. The molecular formula is C14H25NO3. The lowest BCUT2D eigenvalue weighted by Crippen LogP contribution is -2.42. The lowest BCUT2D eigenvalue weighted by molar-refractivity contribution is -0.137. The third-order valence-corrected chi connectivity index (χ3v) is 3.82. The van der Waals surface area contributed by atoms with E-state index in [0.29, 0.717) is 31.2 Å². The second-order valence-electron chi connectivity index (χ2n) is 5.67. The molecule has 1 aliphatic rings. The molecule has 1 aliphatic carbocycles. The largest absolute Gasteiger partial charge is 0.481 e. The Labute approximate surface area is 109 Å². The van der Waals surface area contributed by atoms with Crippen molar-refractivity contribution in [3.63, 3.8) is 0 Å². The summed E-state index contributed by atoms with van der Waals surface area (Å²) in [6.07, 6.45) is 5.30. The van der Waals surface area contributed by atoms with Crippen molar-refractivity contribution in [2.24, 2.45) is 11.8 Å². The number of carboxylic acids is 1. The number of nitrogens with one attached hydrogen (secondary N) is 1. The molecule has 0 spiro atoms. The van der Waals surface area contributed by atoms with E-state index in [1.54, 1.807) is 0 Å². The molecule has 2 N–H and O–H groups in total. The molecule has 0 aromatic carbocycles. The fourth-order valence-electron chi connectivity index (χ4n) is 2.72. The number of carboxylic acid groups (broad SMARTS) is 1. The van der Waals surface area contributed by atoms with Gasteiger partial charge in [0.2, 0.25) is 5.91 Å². The van der Waals surface area contributed by atoms with Gasteiger partial charge in [0.25, 0.3) is 0 Å². The number of hydrogen-bond acceptors (Lipinski definition) is 2. The third kappa shape index (κ3) is 5.52. The van der Waals surface area contributed by atoms with Crippen molar-refractivity contribution >= 4 is 11.9 Å². The minimum absolute atomic E-state index is 0.0757. The highest BCUT2D eigenvalue weighted by molar-refractivity contribution is 5.76. The van der Waals surface area contributed by atoms with Crippen molar-refractivity contribution in [1.29, 1.82) is 0 Å². The molecule has 18 heavy (non-hydrogen) atoms. The predicted octanol–water partition coefficient (Wildman–Crippen LogP) is 2.57. The molecule has 0 aromatic heterocycles. The van der Waals surface area contributed by atoms with Crippen LogP contribution in [0.1, 0.15) is 58.8 Å². The van der Waals surface area contributed by atoms with Crippen molar-refractivity contribution < 1.29 is 14.7 Å². The van der Waals surface area contributed by atoms with Crippen molar-refractivity contribution in [3.05, 3.63) is 0 Å². The van der Waals surface area contributed by atoms with Crippen LogP contribution in [0.15, 0.2) is 0 Å². The van der Waals surface area contributed by atoms with E-state index in [-0.39, 0.29) is 12.3 Å². The summed E-state index contributed by atoms with van der Waals surface area (Å²) in [5.41, 5.74) is 0. The van der Waals surface area contributed by atoms with Gasteiger partial charge in [-0.15, -0.1) is 0 Å². The smallest absolute Gasteiger partial charge is 0.303 e. The van der Waals surface area contributed by atoms with Crippen LogP contribution in [0.3, 0.4) is 0 Å². The molecule has 4 heteroatoms. The van der Waals surface area contributed by atoms with Crippen LogP contribution >= 0.6 is 0 Å². The highest BCUT2D eigenvalue weighted by atomic mass is 16.4. The van der Waals surface area contributed by atoms with Gasteiger partial charge in [-0.3, -0.25) is 9.59 Å². The van der Waals surface area contributed by atoms with Gasteiger partial charge in [0.05, 0.1) is 0 Å². The summed E-state index contributed by atoms with van der Waals surface area (Å²) < 4.78 is 0. The van der Waals surface area contributed by atoms with Gasteiger partial charge in [0, 0.05) is 18.9 Å². The number of unbranched alkanes of at least 4 members (excludes halogenated alkanes) is 1. The van der Waals surface area contributed by atoms with E-state index in [1.165, 1.54) is 12.8 Å². The maximum absolute atomic E-state index is 11.7. The Morgan fingerprint density at radius 2 is 1.83 bits per heavy atom. The Bertz CT molecular complexity index is 291. The third-order valence-electron chi connectivity index (χ3n) is 3.82. The van der Waals surface area contributed by atoms with Gasteiger partial charge >= 0.3 is 5.97 Å². The summed E-state index contributed by atoms with van der Waals surface area (Å²) in [7, 11) is 0. The Balaban J connectivity index is 2.17. The van der Waals surface area contributed by atoms with E-state index in [0.717, 1.165) is 12.3 Å². The van der Waals surface area contributed by atoms with Crippen LogP contribution in [0, 0.1) is 11.8 Å². The zero-order valence-corrected chi connectivity index (χ0v) is 11.4. The predicted molar refractivity (Wildman–Crippen MR) is 70.2 cm³/mol. The molecule has 1 fully saturated rings. The van der Waals surface area contributed by atoms with Crippen molar-refractivity contribution in [2.45, 2.75) is 64.8 Å². The van der Waals surface area contributed by atoms with Gasteiger partial charge in [-0.2, -0.15) is 0 Å². The van der Waals surface area contributed by atoms with Crippen molar-refractivity contribution in [3.8, 4) is 0 Å². The summed E-state index contributed by atoms with van der Waals surface area (Å²) in [6.45, 7) is 4.46. The molecule has 1 amide bonds. The van der Waals surface area contributed by atoms with Crippen molar-refractivity contribution in [2.75, 3.05) is 0 Å². The number of carbonyl (C=O) groups is 2. The minimum atomic E-state index is -0.787. The molecule has 0 bridgehead atoms.